The molecule has 1 unspecified atom stereocenters. The first-order valence-corrected chi connectivity index (χ1v) is 5.37. The number of morpholine rings is 1. The van der Waals surface area contributed by atoms with Crippen LogP contribution in [0.15, 0.2) is 0 Å². The molecule has 14 heavy (non-hydrogen) atoms. The summed E-state index contributed by atoms with van der Waals surface area (Å²) in [5, 5.41) is 0. The Hall–Kier alpha value is -0.160. The van der Waals surface area contributed by atoms with E-state index in [9.17, 15) is 0 Å². The lowest BCUT2D eigenvalue weighted by atomic mass is 10.1. The van der Waals surface area contributed by atoms with Crippen molar-refractivity contribution < 1.29 is 9.47 Å². The molecule has 4 nitrogen and oxygen atoms in total. The minimum absolute atomic E-state index is 0.281. The van der Waals surface area contributed by atoms with Gasteiger partial charge in [0.2, 0.25) is 0 Å². The van der Waals surface area contributed by atoms with Gasteiger partial charge in [0.15, 0.2) is 0 Å². The van der Waals surface area contributed by atoms with Gasteiger partial charge in [0.25, 0.3) is 0 Å². The third kappa shape index (κ3) is 4.91. The van der Waals surface area contributed by atoms with Crippen molar-refractivity contribution in [3.63, 3.8) is 0 Å². The summed E-state index contributed by atoms with van der Waals surface area (Å²) >= 11 is 0. The zero-order chi connectivity index (χ0) is 10.2. The SMILES string of the molecule is COCCCC(N)CN1CCOCC1. The van der Waals surface area contributed by atoms with Gasteiger partial charge in [0.05, 0.1) is 13.2 Å². The Balaban J connectivity index is 2.03. The second kappa shape index (κ2) is 7.17. The normalized spacial score (nSPS) is 21.0. The molecule has 1 aliphatic rings. The van der Waals surface area contributed by atoms with Crippen LogP contribution in [0.3, 0.4) is 0 Å². The summed E-state index contributed by atoms with van der Waals surface area (Å²) in [6.07, 6.45) is 2.10. The van der Waals surface area contributed by atoms with Crippen molar-refractivity contribution in [3.05, 3.63) is 0 Å². The fourth-order valence-corrected chi connectivity index (χ4v) is 1.70. The Morgan fingerprint density at radius 1 is 1.43 bits per heavy atom. The lowest BCUT2D eigenvalue weighted by Gasteiger charge is -2.28. The topological polar surface area (TPSA) is 47.7 Å². The molecule has 0 aromatic heterocycles. The van der Waals surface area contributed by atoms with Crippen LogP contribution in [0.5, 0.6) is 0 Å². The molecule has 2 N–H and O–H groups in total. The molecular formula is C10H22N2O2. The van der Waals surface area contributed by atoms with E-state index in [0.29, 0.717) is 0 Å². The third-order valence-electron chi connectivity index (χ3n) is 2.52. The van der Waals surface area contributed by atoms with Gasteiger partial charge in [0, 0.05) is 39.4 Å². The van der Waals surface area contributed by atoms with Gasteiger partial charge in [-0.1, -0.05) is 0 Å². The summed E-state index contributed by atoms with van der Waals surface area (Å²) in [5.41, 5.74) is 6.01. The monoisotopic (exact) mass is 202 g/mol. The van der Waals surface area contributed by atoms with Gasteiger partial charge in [-0.25, -0.2) is 0 Å². The van der Waals surface area contributed by atoms with Crippen LogP contribution in [-0.2, 0) is 9.47 Å². The fraction of sp³-hybridized carbons (Fsp3) is 1.00. The highest BCUT2D eigenvalue weighted by molar-refractivity contribution is 4.70. The van der Waals surface area contributed by atoms with E-state index >= 15 is 0 Å². The Bertz CT molecular complexity index is 138. The van der Waals surface area contributed by atoms with Crippen molar-refractivity contribution in [2.75, 3.05) is 46.6 Å². The lowest BCUT2D eigenvalue weighted by molar-refractivity contribution is 0.0346. The molecule has 1 atom stereocenters. The molecule has 1 heterocycles. The maximum absolute atomic E-state index is 6.01. The standard InChI is InChI=1S/C10H22N2O2/c1-13-6-2-3-10(11)9-12-4-7-14-8-5-12/h10H,2-9,11H2,1H3. The summed E-state index contributed by atoms with van der Waals surface area (Å²) in [4.78, 5) is 2.38. The second-order valence-electron chi connectivity index (χ2n) is 3.81. The van der Waals surface area contributed by atoms with Crippen molar-refractivity contribution in [1.82, 2.24) is 4.90 Å². The van der Waals surface area contributed by atoms with Crippen LogP contribution in [0.2, 0.25) is 0 Å². The zero-order valence-electron chi connectivity index (χ0n) is 9.08. The van der Waals surface area contributed by atoms with Gasteiger partial charge in [-0.3, -0.25) is 4.90 Å². The number of hydrogen-bond acceptors (Lipinski definition) is 4. The van der Waals surface area contributed by atoms with Crippen molar-refractivity contribution in [2.24, 2.45) is 5.73 Å². The molecule has 0 aromatic rings. The summed E-state index contributed by atoms with van der Waals surface area (Å²) in [6, 6.07) is 0.281. The largest absolute Gasteiger partial charge is 0.385 e. The predicted molar refractivity (Wildman–Crippen MR) is 56.3 cm³/mol. The molecular weight excluding hydrogens is 180 g/mol. The summed E-state index contributed by atoms with van der Waals surface area (Å²) in [7, 11) is 1.73. The average Bonchev–Trinajstić information content (AvgIpc) is 2.20. The van der Waals surface area contributed by atoms with Gasteiger partial charge in [0.1, 0.15) is 0 Å². The van der Waals surface area contributed by atoms with Crippen molar-refractivity contribution in [3.8, 4) is 0 Å². The van der Waals surface area contributed by atoms with Crippen LogP contribution >= 0.6 is 0 Å². The zero-order valence-corrected chi connectivity index (χ0v) is 9.08. The van der Waals surface area contributed by atoms with E-state index < -0.39 is 0 Å². The van der Waals surface area contributed by atoms with Gasteiger partial charge in [-0.05, 0) is 12.8 Å². The van der Waals surface area contributed by atoms with Crippen LogP contribution in [0.25, 0.3) is 0 Å². The van der Waals surface area contributed by atoms with Crippen molar-refractivity contribution in [1.29, 1.82) is 0 Å². The van der Waals surface area contributed by atoms with E-state index in [1.54, 1.807) is 7.11 Å². The summed E-state index contributed by atoms with van der Waals surface area (Å²) < 4.78 is 10.3. The Morgan fingerprint density at radius 3 is 2.79 bits per heavy atom. The van der Waals surface area contributed by atoms with E-state index in [2.05, 4.69) is 4.90 Å². The molecule has 0 saturated carbocycles. The number of nitrogens with two attached hydrogens (primary N) is 1. The molecule has 0 amide bonds. The lowest BCUT2D eigenvalue weighted by Crippen LogP contribution is -2.43. The third-order valence-corrected chi connectivity index (χ3v) is 2.52. The van der Waals surface area contributed by atoms with E-state index in [0.717, 1.165) is 52.3 Å². The maximum atomic E-state index is 6.01. The van der Waals surface area contributed by atoms with Crippen LogP contribution in [0, 0.1) is 0 Å². The molecule has 1 rings (SSSR count). The number of methoxy groups -OCH3 is 1. The van der Waals surface area contributed by atoms with Gasteiger partial charge < -0.3 is 15.2 Å². The van der Waals surface area contributed by atoms with Crippen LogP contribution in [-0.4, -0.2) is 57.5 Å². The molecule has 0 aromatic carbocycles. The van der Waals surface area contributed by atoms with E-state index in [-0.39, 0.29) is 6.04 Å². The minimum atomic E-state index is 0.281. The molecule has 0 spiro atoms. The van der Waals surface area contributed by atoms with Gasteiger partial charge >= 0.3 is 0 Å². The molecule has 1 aliphatic heterocycles. The number of nitrogens with zero attached hydrogens (tertiary/aromatic N) is 1. The smallest absolute Gasteiger partial charge is 0.0594 e. The quantitative estimate of drug-likeness (QED) is 0.619. The Morgan fingerprint density at radius 2 is 2.14 bits per heavy atom. The summed E-state index contributed by atoms with van der Waals surface area (Å²) in [5.74, 6) is 0. The molecule has 0 bridgehead atoms. The van der Waals surface area contributed by atoms with Crippen LogP contribution in [0.4, 0.5) is 0 Å². The highest BCUT2D eigenvalue weighted by Crippen LogP contribution is 2.01. The fourth-order valence-electron chi connectivity index (χ4n) is 1.70. The first kappa shape index (κ1) is 11.9. The van der Waals surface area contributed by atoms with Gasteiger partial charge in [-0.2, -0.15) is 0 Å². The predicted octanol–water partition coefficient (Wildman–Crippen LogP) is 0.0725. The molecule has 1 fully saturated rings. The van der Waals surface area contributed by atoms with Gasteiger partial charge in [-0.15, -0.1) is 0 Å². The average molecular weight is 202 g/mol. The number of rotatable bonds is 6. The molecule has 1 saturated heterocycles. The number of ether oxygens (including phenoxy) is 2. The van der Waals surface area contributed by atoms with Crippen LogP contribution < -0.4 is 5.73 Å². The Labute approximate surface area is 86.3 Å². The van der Waals surface area contributed by atoms with Crippen molar-refractivity contribution >= 4 is 0 Å². The Kier molecular flexibility index (Phi) is 6.10. The second-order valence-corrected chi connectivity index (χ2v) is 3.81. The van der Waals surface area contributed by atoms with E-state index in [1.165, 1.54) is 0 Å². The molecule has 0 radical (unpaired) electrons. The van der Waals surface area contributed by atoms with E-state index in [1.807, 2.05) is 0 Å². The maximum Gasteiger partial charge on any atom is 0.0594 e. The molecule has 0 aliphatic carbocycles. The van der Waals surface area contributed by atoms with Crippen molar-refractivity contribution in [2.45, 2.75) is 18.9 Å². The molecule has 84 valence electrons. The summed E-state index contributed by atoms with van der Waals surface area (Å²) in [6.45, 7) is 5.56. The number of hydrogen-bond donors (Lipinski definition) is 1. The molecule has 4 heteroatoms. The first-order valence-electron chi connectivity index (χ1n) is 5.37. The highest BCUT2D eigenvalue weighted by Gasteiger charge is 2.13. The minimum Gasteiger partial charge on any atom is -0.385 e. The van der Waals surface area contributed by atoms with Crippen LogP contribution in [0.1, 0.15) is 12.8 Å². The van der Waals surface area contributed by atoms with E-state index in [4.69, 9.17) is 15.2 Å². The first-order chi connectivity index (χ1) is 6.83. The highest BCUT2D eigenvalue weighted by atomic mass is 16.5.